The molecular weight excluding hydrogens is 364 g/mol. The fourth-order valence-electron chi connectivity index (χ4n) is 3.19. The SMILES string of the molecule is Cc1cc(C)c2cc(CN(CCO)C(=O)c3ccc(Cl)cc3)c(=O)[nH]c2c1. The molecule has 1 heterocycles. The highest BCUT2D eigenvalue weighted by molar-refractivity contribution is 6.30. The van der Waals surface area contributed by atoms with Crippen molar-refractivity contribution in [2.45, 2.75) is 20.4 Å². The Labute approximate surface area is 162 Å². The molecule has 0 aliphatic rings. The molecule has 0 aliphatic heterocycles. The maximum Gasteiger partial charge on any atom is 0.254 e. The van der Waals surface area contributed by atoms with Crippen molar-refractivity contribution in [2.24, 2.45) is 0 Å². The van der Waals surface area contributed by atoms with Crippen molar-refractivity contribution < 1.29 is 9.90 Å². The van der Waals surface area contributed by atoms with E-state index in [2.05, 4.69) is 11.1 Å². The highest BCUT2D eigenvalue weighted by atomic mass is 35.5. The van der Waals surface area contributed by atoms with Crippen LogP contribution in [-0.4, -0.2) is 34.0 Å². The Morgan fingerprint density at radius 3 is 2.52 bits per heavy atom. The second kappa shape index (κ2) is 7.94. The first kappa shape index (κ1) is 19.1. The molecule has 0 fully saturated rings. The van der Waals surface area contributed by atoms with Gasteiger partial charge in [-0.3, -0.25) is 9.59 Å². The molecule has 0 saturated heterocycles. The third kappa shape index (κ3) is 4.21. The molecule has 3 rings (SSSR count). The zero-order valence-corrected chi connectivity index (χ0v) is 16.0. The Hall–Kier alpha value is -2.63. The van der Waals surface area contributed by atoms with Gasteiger partial charge < -0.3 is 15.0 Å². The van der Waals surface area contributed by atoms with E-state index in [1.165, 1.54) is 4.90 Å². The first-order chi connectivity index (χ1) is 12.9. The summed E-state index contributed by atoms with van der Waals surface area (Å²) in [7, 11) is 0. The first-order valence-corrected chi connectivity index (χ1v) is 9.05. The predicted molar refractivity (Wildman–Crippen MR) is 107 cm³/mol. The topological polar surface area (TPSA) is 73.4 Å². The number of amides is 1. The Bertz CT molecular complexity index is 1040. The number of benzene rings is 2. The van der Waals surface area contributed by atoms with E-state index in [4.69, 9.17) is 11.6 Å². The Morgan fingerprint density at radius 1 is 1.15 bits per heavy atom. The number of fused-ring (bicyclic) bond motifs is 1. The van der Waals surface area contributed by atoms with Crippen LogP contribution in [0.15, 0.2) is 47.3 Å². The van der Waals surface area contributed by atoms with Crippen LogP contribution in [0.1, 0.15) is 27.0 Å². The molecule has 27 heavy (non-hydrogen) atoms. The van der Waals surface area contributed by atoms with Gasteiger partial charge in [0.2, 0.25) is 0 Å². The molecule has 5 nitrogen and oxygen atoms in total. The number of nitrogens with one attached hydrogen (secondary N) is 1. The van der Waals surface area contributed by atoms with Crippen molar-refractivity contribution in [3.05, 3.63) is 80.1 Å². The van der Waals surface area contributed by atoms with E-state index in [1.807, 2.05) is 26.0 Å². The summed E-state index contributed by atoms with van der Waals surface area (Å²) in [6.45, 7) is 4.02. The normalized spacial score (nSPS) is 11.0. The second-order valence-electron chi connectivity index (χ2n) is 6.62. The van der Waals surface area contributed by atoms with Crippen LogP contribution >= 0.6 is 11.6 Å². The average Bonchev–Trinajstić information content (AvgIpc) is 2.62. The number of hydrogen-bond acceptors (Lipinski definition) is 3. The summed E-state index contributed by atoms with van der Waals surface area (Å²) in [5.74, 6) is -0.263. The summed E-state index contributed by atoms with van der Waals surface area (Å²) in [6.07, 6.45) is 0. The molecule has 3 aromatic rings. The smallest absolute Gasteiger partial charge is 0.254 e. The predicted octanol–water partition coefficient (Wildman–Crippen LogP) is 3.43. The van der Waals surface area contributed by atoms with Gasteiger partial charge in [-0.25, -0.2) is 0 Å². The number of aryl methyl sites for hydroxylation is 2. The number of carbonyl (C=O) groups is 1. The summed E-state index contributed by atoms with van der Waals surface area (Å²) in [6, 6.07) is 12.3. The summed E-state index contributed by atoms with van der Waals surface area (Å²) in [5, 5.41) is 10.9. The van der Waals surface area contributed by atoms with Gasteiger partial charge in [-0.1, -0.05) is 17.7 Å². The van der Waals surface area contributed by atoms with E-state index in [0.717, 1.165) is 22.0 Å². The standard InChI is InChI=1S/C21H21ClN2O3/c1-13-9-14(2)18-11-16(20(26)23-19(18)10-13)12-24(7-8-25)21(27)15-3-5-17(22)6-4-15/h3-6,9-11,25H,7-8,12H2,1-2H3,(H,23,26). The molecule has 0 radical (unpaired) electrons. The van der Waals surface area contributed by atoms with Crippen molar-refractivity contribution in [3.8, 4) is 0 Å². The molecule has 0 atom stereocenters. The summed E-state index contributed by atoms with van der Waals surface area (Å²) >= 11 is 5.88. The van der Waals surface area contributed by atoms with Crippen LogP contribution in [0.2, 0.25) is 5.02 Å². The molecule has 0 spiro atoms. The van der Waals surface area contributed by atoms with Gasteiger partial charge in [0.25, 0.3) is 11.5 Å². The van der Waals surface area contributed by atoms with Gasteiger partial charge in [-0.15, -0.1) is 0 Å². The fraction of sp³-hybridized carbons (Fsp3) is 0.238. The molecule has 6 heteroatoms. The van der Waals surface area contributed by atoms with Crippen molar-refractivity contribution in [1.82, 2.24) is 9.88 Å². The van der Waals surface area contributed by atoms with E-state index in [9.17, 15) is 14.7 Å². The second-order valence-corrected chi connectivity index (χ2v) is 7.06. The monoisotopic (exact) mass is 384 g/mol. The number of carbonyl (C=O) groups excluding carboxylic acids is 1. The fourth-order valence-corrected chi connectivity index (χ4v) is 3.31. The highest BCUT2D eigenvalue weighted by Gasteiger charge is 2.18. The number of hydrogen-bond donors (Lipinski definition) is 2. The lowest BCUT2D eigenvalue weighted by molar-refractivity contribution is 0.0707. The molecule has 0 saturated carbocycles. The maximum atomic E-state index is 12.8. The van der Waals surface area contributed by atoms with Crippen molar-refractivity contribution in [3.63, 3.8) is 0 Å². The van der Waals surface area contributed by atoms with Gasteiger partial charge in [-0.2, -0.15) is 0 Å². The summed E-state index contributed by atoms with van der Waals surface area (Å²) in [4.78, 5) is 29.7. The van der Waals surface area contributed by atoms with Crippen molar-refractivity contribution >= 4 is 28.4 Å². The molecule has 1 amide bonds. The summed E-state index contributed by atoms with van der Waals surface area (Å²) < 4.78 is 0. The van der Waals surface area contributed by atoms with E-state index in [1.54, 1.807) is 24.3 Å². The van der Waals surface area contributed by atoms with Gasteiger partial charge in [0, 0.05) is 33.6 Å². The molecule has 140 valence electrons. The summed E-state index contributed by atoms with van der Waals surface area (Å²) in [5.41, 5.74) is 3.60. The average molecular weight is 385 g/mol. The minimum absolute atomic E-state index is 0.112. The Kier molecular flexibility index (Phi) is 5.63. The van der Waals surface area contributed by atoms with Gasteiger partial charge in [0.05, 0.1) is 13.2 Å². The number of nitrogens with zero attached hydrogens (tertiary/aromatic N) is 1. The van der Waals surface area contributed by atoms with Crippen LogP contribution in [0.3, 0.4) is 0 Å². The van der Waals surface area contributed by atoms with E-state index in [-0.39, 0.29) is 31.2 Å². The highest BCUT2D eigenvalue weighted by Crippen LogP contribution is 2.19. The molecule has 2 aromatic carbocycles. The van der Waals surface area contributed by atoms with Gasteiger partial charge in [-0.05, 0) is 61.4 Å². The van der Waals surface area contributed by atoms with Crippen LogP contribution in [0.25, 0.3) is 10.9 Å². The van der Waals surface area contributed by atoms with Gasteiger partial charge in [0.15, 0.2) is 0 Å². The Morgan fingerprint density at radius 2 is 1.85 bits per heavy atom. The third-order valence-electron chi connectivity index (χ3n) is 4.50. The van der Waals surface area contributed by atoms with Crippen molar-refractivity contribution in [1.29, 1.82) is 0 Å². The maximum absolute atomic E-state index is 12.8. The Balaban J connectivity index is 1.96. The lowest BCUT2D eigenvalue weighted by Gasteiger charge is -2.22. The number of aromatic amines is 1. The van der Waals surface area contributed by atoms with Gasteiger partial charge >= 0.3 is 0 Å². The van der Waals surface area contributed by atoms with E-state index in [0.29, 0.717) is 16.1 Å². The first-order valence-electron chi connectivity index (χ1n) is 8.68. The largest absolute Gasteiger partial charge is 0.395 e. The van der Waals surface area contributed by atoms with Crippen LogP contribution in [0.5, 0.6) is 0 Å². The van der Waals surface area contributed by atoms with Gasteiger partial charge in [0.1, 0.15) is 0 Å². The quantitative estimate of drug-likeness (QED) is 0.707. The van der Waals surface area contributed by atoms with E-state index < -0.39 is 0 Å². The van der Waals surface area contributed by atoms with Crippen LogP contribution < -0.4 is 5.56 Å². The molecule has 0 unspecified atom stereocenters. The molecule has 1 aromatic heterocycles. The lowest BCUT2D eigenvalue weighted by Crippen LogP contribution is -2.35. The number of rotatable bonds is 5. The minimum atomic E-state index is -0.263. The zero-order chi connectivity index (χ0) is 19.6. The number of aliphatic hydroxyl groups excluding tert-OH is 1. The number of H-pyrrole nitrogens is 1. The van der Waals surface area contributed by atoms with E-state index >= 15 is 0 Å². The number of aromatic nitrogens is 1. The number of pyridine rings is 1. The molecular formula is C21H21ClN2O3. The number of aliphatic hydroxyl groups is 1. The molecule has 2 N–H and O–H groups in total. The zero-order valence-electron chi connectivity index (χ0n) is 15.3. The third-order valence-corrected chi connectivity index (χ3v) is 4.75. The van der Waals surface area contributed by atoms with Crippen LogP contribution in [0, 0.1) is 13.8 Å². The minimum Gasteiger partial charge on any atom is -0.395 e. The molecule has 0 bridgehead atoms. The lowest BCUT2D eigenvalue weighted by atomic mass is 10.0. The van der Waals surface area contributed by atoms with Crippen LogP contribution in [0.4, 0.5) is 0 Å². The molecule has 0 aliphatic carbocycles. The van der Waals surface area contributed by atoms with Crippen LogP contribution in [-0.2, 0) is 6.54 Å². The van der Waals surface area contributed by atoms with Crippen molar-refractivity contribution in [2.75, 3.05) is 13.2 Å². The number of halogens is 1.